The number of thiazole rings is 1. The monoisotopic (exact) mass is 470 g/mol. The van der Waals surface area contributed by atoms with Crippen molar-refractivity contribution in [3.63, 3.8) is 0 Å². The van der Waals surface area contributed by atoms with Crippen LogP contribution in [0.4, 0.5) is 11.4 Å². The molecule has 1 aliphatic rings. The summed E-state index contributed by atoms with van der Waals surface area (Å²) in [5, 5.41) is 3.57. The number of anilines is 2. The van der Waals surface area contributed by atoms with Crippen molar-refractivity contribution in [3.05, 3.63) is 53.5 Å². The third-order valence-electron chi connectivity index (χ3n) is 5.35. The minimum atomic E-state index is -3.60. The SMILES string of the molecule is CN(C)c1ccc(S(=O)(=O)N2CCCCC2)cc1NC(=O)/C=C/c1nc2ccccc2s1. The molecule has 168 valence electrons. The summed E-state index contributed by atoms with van der Waals surface area (Å²) in [6.07, 6.45) is 5.88. The van der Waals surface area contributed by atoms with Gasteiger partial charge in [-0.25, -0.2) is 13.4 Å². The van der Waals surface area contributed by atoms with Crippen molar-refractivity contribution in [2.75, 3.05) is 37.4 Å². The molecule has 4 rings (SSSR count). The fourth-order valence-electron chi connectivity index (χ4n) is 3.70. The number of benzene rings is 2. The van der Waals surface area contributed by atoms with Crippen molar-refractivity contribution in [2.24, 2.45) is 0 Å². The first-order valence-electron chi connectivity index (χ1n) is 10.5. The molecule has 0 spiro atoms. The maximum absolute atomic E-state index is 13.1. The van der Waals surface area contributed by atoms with E-state index in [1.54, 1.807) is 24.3 Å². The highest BCUT2D eigenvalue weighted by Gasteiger charge is 2.27. The lowest BCUT2D eigenvalue weighted by atomic mass is 10.2. The Kier molecular flexibility index (Phi) is 6.59. The summed E-state index contributed by atoms with van der Waals surface area (Å²) in [6, 6.07) is 12.7. The van der Waals surface area contributed by atoms with E-state index >= 15 is 0 Å². The van der Waals surface area contributed by atoms with Crippen LogP contribution in [0.15, 0.2) is 53.4 Å². The number of carbonyl (C=O) groups excluding carboxylic acids is 1. The van der Waals surface area contributed by atoms with Gasteiger partial charge in [-0.1, -0.05) is 18.6 Å². The molecule has 0 aliphatic carbocycles. The average Bonchev–Trinajstić information content (AvgIpc) is 3.21. The van der Waals surface area contributed by atoms with Crippen LogP contribution in [0.1, 0.15) is 24.3 Å². The summed E-state index contributed by atoms with van der Waals surface area (Å²) in [4.78, 5) is 19.2. The fourth-order valence-corrected chi connectivity index (χ4v) is 6.12. The van der Waals surface area contributed by atoms with Crippen LogP contribution in [0.25, 0.3) is 16.3 Å². The predicted molar refractivity (Wildman–Crippen MR) is 131 cm³/mol. The normalized spacial score (nSPS) is 15.3. The second kappa shape index (κ2) is 9.40. The Morgan fingerprint density at radius 2 is 1.88 bits per heavy atom. The van der Waals surface area contributed by atoms with Gasteiger partial charge in [0, 0.05) is 33.3 Å². The number of hydrogen-bond acceptors (Lipinski definition) is 6. The lowest BCUT2D eigenvalue weighted by Crippen LogP contribution is -2.35. The molecular weight excluding hydrogens is 444 g/mol. The number of hydrogen-bond donors (Lipinski definition) is 1. The highest BCUT2D eigenvalue weighted by atomic mass is 32.2. The Morgan fingerprint density at radius 3 is 2.59 bits per heavy atom. The molecule has 2 aromatic carbocycles. The zero-order chi connectivity index (χ0) is 22.7. The van der Waals surface area contributed by atoms with Crippen LogP contribution >= 0.6 is 11.3 Å². The zero-order valence-electron chi connectivity index (χ0n) is 18.1. The molecule has 1 amide bonds. The van der Waals surface area contributed by atoms with Crippen molar-refractivity contribution >= 4 is 54.9 Å². The fraction of sp³-hybridized carbons (Fsp3) is 0.304. The smallest absolute Gasteiger partial charge is 0.248 e. The quantitative estimate of drug-likeness (QED) is 0.546. The van der Waals surface area contributed by atoms with Crippen LogP contribution in [0.3, 0.4) is 0 Å². The summed E-state index contributed by atoms with van der Waals surface area (Å²) in [5.41, 5.74) is 2.07. The molecule has 1 saturated heterocycles. The number of amides is 1. The van der Waals surface area contributed by atoms with Gasteiger partial charge < -0.3 is 10.2 Å². The standard InChI is InChI=1S/C23H26N4O3S2/c1-26(2)20-11-10-17(32(29,30)27-14-6-3-7-15-27)16-19(20)24-22(28)12-13-23-25-18-8-4-5-9-21(18)31-23/h4-5,8-13,16H,3,6-7,14-15H2,1-2H3,(H,24,28)/b13-12+. The number of nitrogens with one attached hydrogen (secondary N) is 1. The van der Waals surface area contributed by atoms with Crippen molar-refractivity contribution in [2.45, 2.75) is 24.2 Å². The Labute approximate surface area is 192 Å². The van der Waals surface area contributed by atoms with Gasteiger partial charge in [0.25, 0.3) is 0 Å². The molecule has 0 radical (unpaired) electrons. The van der Waals surface area contributed by atoms with Gasteiger partial charge in [0.1, 0.15) is 5.01 Å². The van der Waals surface area contributed by atoms with Gasteiger partial charge in [0.15, 0.2) is 0 Å². The maximum atomic E-state index is 13.1. The first-order chi connectivity index (χ1) is 15.3. The third kappa shape index (κ3) is 4.85. The van der Waals surface area contributed by atoms with Gasteiger partial charge in [-0.05, 0) is 49.2 Å². The molecule has 9 heteroatoms. The minimum Gasteiger partial charge on any atom is -0.376 e. The van der Waals surface area contributed by atoms with Crippen LogP contribution in [0.5, 0.6) is 0 Å². The first-order valence-corrected chi connectivity index (χ1v) is 12.8. The van der Waals surface area contributed by atoms with Gasteiger partial charge in [-0.15, -0.1) is 11.3 Å². The van der Waals surface area contributed by atoms with E-state index in [2.05, 4.69) is 10.3 Å². The van der Waals surface area contributed by atoms with E-state index in [0.717, 1.165) is 40.2 Å². The van der Waals surface area contributed by atoms with Gasteiger partial charge >= 0.3 is 0 Å². The molecule has 1 aromatic heterocycles. The third-order valence-corrected chi connectivity index (χ3v) is 8.24. The van der Waals surface area contributed by atoms with E-state index in [1.807, 2.05) is 43.3 Å². The molecule has 0 bridgehead atoms. The molecule has 1 N–H and O–H groups in total. The lowest BCUT2D eigenvalue weighted by Gasteiger charge is -2.26. The summed E-state index contributed by atoms with van der Waals surface area (Å²) in [6.45, 7) is 1.06. The number of piperidine rings is 1. The number of sulfonamides is 1. The number of carbonyl (C=O) groups is 1. The predicted octanol–water partition coefficient (Wildman–Crippen LogP) is 4.19. The zero-order valence-corrected chi connectivity index (χ0v) is 19.7. The number of nitrogens with zero attached hydrogens (tertiary/aromatic N) is 3. The van der Waals surface area contributed by atoms with E-state index in [-0.39, 0.29) is 10.8 Å². The lowest BCUT2D eigenvalue weighted by molar-refractivity contribution is -0.111. The van der Waals surface area contributed by atoms with Gasteiger partial charge in [-0.2, -0.15) is 4.31 Å². The molecule has 1 fully saturated rings. The second-order valence-electron chi connectivity index (χ2n) is 7.88. The highest BCUT2D eigenvalue weighted by molar-refractivity contribution is 7.89. The average molecular weight is 471 g/mol. The molecule has 32 heavy (non-hydrogen) atoms. The van der Waals surface area contributed by atoms with Crippen molar-refractivity contribution in [1.82, 2.24) is 9.29 Å². The Morgan fingerprint density at radius 1 is 1.12 bits per heavy atom. The van der Waals surface area contributed by atoms with Crippen molar-refractivity contribution in [1.29, 1.82) is 0 Å². The minimum absolute atomic E-state index is 0.190. The Balaban J connectivity index is 1.57. The van der Waals surface area contributed by atoms with Gasteiger partial charge in [-0.3, -0.25) is 4.79 Å². The van der Waals surface area contributed by atoms with Crippen LogP contribution < -0.4 is 10.2 Å². The van der Waals surface area contributed by atoms with Crippen LogP contribution in [0.2, 0.25) is 0 Å². The molecule has 1 aliphatic heterocycles. The summed E-state index contributed by atoms with van der Waals surface area (Å²) < 4.78 is 28.7. The summed E-state index contributed by atoms with van der Waals surface area (Å²) >= 11 is 1.50. The van der Waals surface area contributed by atoms with Crippen LogP contribution in [0, 0.1) is 0 Å². The van der Waals surface area contributed by atoms with E-state index < -0.39 is 10.0 Å². The number of para-hydroxylation sites is 1. The number of rotatable bonds is 6. The molecule has 2 heterocycles. The molecule has 7 nitrogen and oxygen atoms in total. The number of fused-ring (bicyclic) bond motifs is 1. The molecule has 3 aromatic rings. The first kappa shape index (κ1) is 22.4. The van der Waals surface area contributed by atoms with Crippen LogP contribution in [-0.2, 0) is 14.8 Å². The Bertz CT molecular complexity index is 1230. The van der Waals surface area contributed by atoms with Crippen LogP contribution in [-0.4, -0.2) is 50.8 Å². The molecule has 0 atom stereocenters. The largest absolute Gasteiger partial charge is 0.376 e. The van der Waals surface area contributed by atoms with E-state index in [0.29, 0.717) is 18.8 Å². The Hall–Kier alpha value is -2.75. The van der Waals surface area contributed by atoms with E-state index in [4.69, 9.17) is 0 Å². The van der Waals surface area contributed by atoms with Crippen molar-refractivity contribution < 1.29 is 13.2 Å². The van der Waals surface area contributed by atoms with E-state index in [1.165, 1.54) is 21.7 Å². The van der Waals surface area contributed by atoms with Gasteiger partial charge in [0.2, 0.25) is 15.9 Å². The maximum Gasteiger partial charge on any atom is 0.248 e. The topological polar surface area (TPSA) is 82.6 Å². The molecular formula is C23H26N4O3S2. The second-order valence-corrected chi connectivity index (χ2v) is 10.9. The number of aromatic nitrogens is 1. The molecule has 0 saturated carbocycles. The summed E-state index contributed by atoms with van der Waals surface area (Å²) in [7, 11) is 0.100. The van der Waals surface area contributed by atoms with E-state index in [9.17, 15) is 13.2 Å². The van der Waals surface area contributed by atoms with Gasteiger partial charge in [0.05, 0.1) is 26.5 Å². The highest BCUT2D eigenvalue weighted by Crippen LogP contribution is 2.30. The van der Waals surface area contributed by atoms with Crippen molar-refractivity contribution in [3.8, 4) is 0 Å². The summed E-state index contributed by atoms with van der Waals surface area (Å²) in [5.74, 6) is -0.347. The molecule has 0 unspecified atom stereocenters.